The smallest absolute Gasteiger partial charge is 0.292 e. The lowest BCUT2D eigenvalue weighted by Gasteiger charge is -2.10. The normalized spacial score (nSPS) is 19.9. The largest absolute Gasteiger partial charge is 0.382 e. The van der Waals surface area contributed by atoms with Gasteiger partial charge in [0.1, 0.15) is 0 Å². The van der Waals surface area contributed by atoms with E-state index in [0.717, 1.165) is 0 Å². The Morgan fingerprint density at radius 1 is 1.29 bits per heavy atom. The highest BCUT2D eigenvalue weighted by molar-refractivity contribution is 7.91. The zero-order valence-electron chi connectivity index (χ0n) is 11.1. The maximum absolute atomic E-state index is 11.7. The molecule has 1 aliphatic heterocycles. The number of nitrogens with two attached hydrogens (primary N) is 1. The summed E-state index contributed by atoms with van der Waals surface area (Å²) >= 11 is 0. The standard InChI is InChI=1S/C11H15N5O4S/c12-10-9(13-2-3-14-10)11(18)16-15-8(17)5-7-1-4-21(19,20)6-7/h2-3,7H,1,4-6H2,(H2,12,14)(H,15,17)(H,16,18)/t7-/m0/s1. The Morgan fingerprint density at radius 2 is 2.00 bits per heavy atom. The number of rotatable bonds is 3. The van der Waals surface area contributed by atoms with E-state index >= 15 is 0 Å². The molecule has 4 N–H and O–H groups in total. The van der Waals surface area contributed by atoms with Crippen molar-refractivity contribution in [2.75, 3.05) is 17.2 Å². The second-order valence-corrected chi connectivity index (χ2v) is 6.99. The van der Waals surface area contributed by atoms with E-state index in [0.29, 0.717) is 6.42 Å². The van der Waals surface area contributed by atoms with Crippen molar-refractivity contribution in [1.82, 2.24) is 20.8 Å². The van der Waals surface area contributed by atoms with E-state index in [1.807, 2.05) is 0 Å². The third-order valence-electron chi connectivity index (χ3n) is 3.06. The Balaban J connectivity index is 1.82. The summed E-state index contributed by atoms with van der Waals surface area (Å²) in [7, 11) is -3.02. The Morgan fingerprint density at radius 3 is 2.62 bits per heavy atom. The van der Waals surface area contributed by atoms with E-state index in [1.54, 1.807) is 0 Å². The number of nitrogens with one attached hydrogen (secondary N) is 2. The molecular weight excluding hydrogens is 298 g/mol. The van der Waals surface area contributed by atoms with Crippen molar-refractivity contribution >= 4 is 27.5 Å². The SMILES string of the molecule is Nc1nccnc1C(=O)NNC(=O)C[C@@H]1CCS(=O)(=O)C1. The van der Waals surface area contributed by atoms with Crippen LogP contribution >= 0.6 is 0 Å². The summed E-state index contributed by atoms with van der Waals surface area (Å²) in [5.74, 6) is -1.31. The summed E-state index contributed by atoms with van der Waals surface area (Å²) in [6.07, 6.45) is 3.14. The minimum Gasteiger partial charge on any atom is -0.382 e. The van der Waals surface area contributed by atoms with E-state index in [1.165, 1.54) is 12.4 Å². The molecule has 10 heteroatoms. The summed E-state index contributed by atoms with van der Waals surface area (Å²) in [6.45, 7) is 0. The van der Waals surface area contributed by atoms with Gasteiger partial charge in [0.25, 0.3) is 5.91 Å². The van der Waals surface area contributed by atoms with Gasteiger partial charge in [-0.15, -0.1) is 0 Å². The highest BCUT2D eigenvalue weighted by Crippen LogP contribution is 2.21. The molecule has 21 heavy (non-hydrogen) atoms. The van der Waals surface area contributed by atoms with Crippen LogP contribution in [0.5, 0.6) is 0 Å². The molecule has 114 valence electrons. The van der Waals surface area contributed by atoms with Gasteiger partial charge in [0.15, 0.2) is 21.3 Å². The zero-order chi connectivity index (χ0) is 15.5. The molecule has 1 atom stereocenters. The number of nitrogens with zero attached hydrogens (tertiary/aromatic N) is 2. The number of aromatic nitrogens is 2. The molecule has 0 bridgehead atoms. The molecule has 0 unspecified atom stereocenters. The molecule has 1 fully saturated rings. The quantitative estimate of drug-likeness (QED) is 0.585. The Kier molecular flexibility index (Phi) is 4.36. The third kappa shape index (κ3) is 4.12. The van der Waals surface area contributed by atoms with Crippen molar-refractivity contribution in [2.24, 2.45) is 5.92 Å². The number of amides is 2. The molecule has 1 aromatic rings. The number of sulfone groups is 1. The number of carbonyl (C=O) groups excluding carboxylic acids is 2. The molecule has 2 amide bonds. The summed E-state index contributed by atoms with van der Waals surface area (Å²) < 4.78 is 22.6. The average Bonchev–Trinajstić information content (AvgIpc) is 2.75. The summed E-state index contributed by atoms with van der Waals surface area (Å²) in [5.41, 5.74) is 9.75. The van der Waals surface area contributed by atoms with Crippen molar-refractivity contribution in [3.8, 4) is 0 Å². The monoisotopic (exact) mass is 313 g/mol. The number of hydrogen-bond donors (Lipinski definition) is 3. The minimum atomic E-state index is -3.02. The van der Waals surface area contributed by atoms with Crippen LogP contribution in [0.25, 0.3) is 0 Å². The second kappa shape index (κ2) is 6.04. The fourth-order valence-electron chi connectivity index (χ4n) is 2.06. The predicted molar refractivity (Wildman–Crippen MR) is 73.4 cm³/mol. The highest BCUT2D eigenvalue weighted by atomic mass is 32.2. The Hall–Kier alpha value is -2.23. The van der Waals surface area contributed by atoms with Gasteiger partial charge in [0.05, 0.1) is 11.5 Å². The van der Waals surface area contributed by atoms with Crippen LogP contribution in [-0.2, 0) is 14.6 Å². The first-order chi connectivity index (χ1) is 9.87. The zero-order valence-corrected chi connectivity index (χ0v) is 11.9. The summed E-state index contributed by atoms with van der Waals surface area (Å²) in [5, 5.41) is 0. The van der Waals surface area contributed by atoms with Crippen LogP contribution in [0.1, 0.15) is 23.3 Å². The third-order valence-corrected chi connectivity index (χ3v) is 4.89. The van der Waals surface area contributed by atoms with Gasteiger partial charge < -0.3 is 5.73 Å². The molecule has 9 nitrogen and oxygen atoms in total. The lowest BCUT2D eigenvalue weighted by atomic mass is 10.1. The van der Waals surface area contributed by atoms with Crippen LogP contribution in [0.15, 0.2) is 12.4 Å². The van der Waals surface area contributed by atoms with Crippen LogP contribution in [0, 0.1) is 5.92 Å². The molecule has 0 radical (unpaired) electrons. The molecule has 1 saturated heterocycles. The van der Waals surface area contributed by atoms with Crippen molar-refractivity contribution in [2.45, 2.75) is 12.8 Å². The molecule has 0 aliphatic carbocycles. The van der Waals surface area contributed by atoms with Crippen LogP contribution < -0.4 is 16.6 Å². The minimum absolute atomic E-state index is 0.00543. The maximum atomic E-state index is 11.7. The van der Waals surface area contributed by atoms with Crippen LogP contribution in [0.4, 0.5) is 5.82 Å². The van der Waals surface area contributed by atoms with Gasteiger partial charge in [-0.3, -0.25) is 20.4 Å². The van der Waals surface area contributed by atoms with E-state index in [-0.39, 0.29) is 35.4 Å². The first kappa shape index (κ1) is 15.2. The van der Waals surface area contributed by atoms with Gasteiger partial charge >= 0.3 is 0 Å². The second-order valence-electron chi connectivity index (χ2n) is 4.77. The van der Waals surface area contributed by atoms with Gasteiger partial charge in [-0.1, -0.05) is 0 Å². The molecule has 1 aromatic heterocycles. The molecular formula is C11H15N5O4S. The fourth-order valence-corrected chi connectivity index (χ4v) is 3.92. The lowest BCUT2D eigenvalue weighted by Crippen LogP contribution is -2.42. The molecule has 0 spiro atoms. The summed E-state index contributed by atoms with van der Waals surface area (Å²) in [6, 6.07) is 0. The first-order valence-electron chi connectivity index (χ1n) is 6.23. The molecule has 1 aliphatic rings. The van der Waals surface area contributed by atoms with E-state index in [2.05, 4.69) is 20.8 Å². The lowest BCUT2D eigenvalue weighted by molar-refractivity contribution is -0.122. The van der Waals surface area contributed by atoms with Crippen LogP contribution in [0.2, 0.25) is 0 Å². The van der Waals surface area contributed by atoms with Crippen molar-refractivity contribution in [3.63, 3.8) is 0 Å². The van der Waals surface area contributed by atoms with Gasteiger partial charge in [0.2, 0.25) is 5.91 Å². The Bertz CT molecular complexity index is 660. The maximum Gasteiger partial charge on any atom is 0.292 e. The number of hydrogen-bond acceptors (Lipinski definition) is 7. The van der Waals surface area contributed by atoms with Crippen LogP contribution in [0.3, 0.4) is 0 Å². The number of anilines is 1. The predicted octanol–water partition coefficient (Wildman–Crippen LogP) is -1.36. The average molecular weight is 313 g/mol. The Labute approximate surface area is 121 Å². The topological polar surface area (TPSA) is 144 Å². The van der Waals surface area contributed by atoms with E-state index < -0.39 is 21.7 Å². The molecule has 0 aromatic carbocycles. The van der Waals surface area contributed by atoms with Crippen molar-refractivity contribution in [1.29, 1.82) is 0 Å². The van der Waals surface area contributed by atoms with Crippen molar-refractivity contribution in [3.05, 3.63) is 18.1 Å². The molecule has 0 saturated carbocycles. The van der Waals surface area contributed by atoms with Gasteiger partial charge in [0, 0.05) is 18.8 Å². The van der Waals surface area contributed by atoms with Gasteiger partial charge in [-0.05, 0) is 12.3 Å². The number of hydrazine groups is 1. The molecule has 2 heterocycles. The van der Waals surface area contributed by atoms with Crippen LogP contribution in [-0.4, -0.2) is 41.7 Å². The van der Waals surface area contributed by atoms with Gasteiger partial charge in [-0.2, -0.15) is 0 Å². The van der Waals surface area contributed by atoms with E-state index in [4.69, 9.17) is 5.73 Å². The first-order valence-corrected chi connectivity index (χ1v) is 8.05. The van der Waals surface area contributed by atoms with Gasteiger partial charge in [-0.25, -0.2) is 18.4 Å². The van der Waals surface area contributed by atoms with E-state index in [9.17, 15) is 18.0 Å². The summed E-state index contributed by atoms with van der Waals surface area (Å²) in [4.78, 5) is 30.8. The highest BCUT2D eigenvalue weighted by Gasteiger charge is 2.29. The number of carbonyl (C=O) groups is 2. The molecule has 2 rings (SSSR count). The number of nitrogen functional groups attached to an aromatic ring is 1. The fraction of sp³-hybridized carbons (Fsp3) is 0.455. The van der Waals surface area contributed by atoms with Crippen molar-refractivity contribution < 1.29 is 18.0 Å².